The Morgan fingerprint density at radius 1 is 1.50 bits per heavy atom. The van der Waals surface area contributed by atoms with Crippen molar-refractivity contribution in [3.63, 3.8) is 0 Å². The Morgan fingerprint density at radius 3 is 2.50 bits per heavy atom. The van der Waals surface area contributed by atoms with E-state index in [4.69, 9.17) is 0 Å². The van der Waals surface area contributed by atoms with E-state index < -0.39 is 0 Å². The van der Waals surface area contributed by atoms with Crippen molar-refractivity contribution in [2.75, 3.05) is 33.2 Å². The van der Waals surface area contributed by atoms with E-state index in [1.54, 1.807) is 6.08 Å². The smallest absolute Gasteiger partial charge is 0.252 e. The van der Waals surface area contributed by atoms with Gasteiger partial charge in [0.15, 0.2) is 0 Å². The lowest BCUT2D eigenvalue weighted by Gasteiger charge is -2.09. The molecule has 0 aliphatic heterocycles. The molecule has 1 N–H and O–H groups in total. The highest BCUT2D eigenvalue weighted by Gasteiger charge is 1.93. The van der Waals surface area contributed by atoms with Gasteiger partial charge in [0, 0.05) is 12.6 Å². The third-order valence-corrected chi connectivity index (χ3v) is 1.74. The molecule has 0 radical (unpaired) electrons. The summed E-state index contributed by atoms with van der Waals surface area (Å²) in [5, 5.41) is 0. The van der Waals surface area contributed by atoms with Gasteiger partial charge in [0.1, 0.15) is 0 Å². The summed E-state index contributed by atoms with van der Waals surface area (Å²) in [5.41, 5.74) is 0. The summed E-state index contributed by atoms with van der Waals surface area (Å²) < 4.78 is 2.84. The van der Waals surface area contributed by atoms with Crippen LogP contribution in [0.1, 0.15) is 0 Å². The minimum atomic E-state index is -0.336. The van der Waals surface area contributed by atoms with Gasteiger partial charge in [-0.3, -0.25) is 4.79 Å². The lowest BCUT2D eigenvalue weighted by molar-refractivity contribution is -0.114. The standard InChI is InChI=1S/C8H18N2OS/c1-10(2)7-5-6-8(11)9-12(3)4/h5-6,12H,7H2,1-4H3,(H,9,11)/b6-5+. The zero-order valence-electron chi connectivity index (χ0n) is 8.16. The Balaban J connectivity index is 3.61. The van der Waals surface area contributed by atoms with Crippen molar-refractivity contribution in [3.05, 3.63) is 12.2 Å². The third kappa shape index (κ3) is 7.63. The van der Waals surface area contributed by atoms with Gasteiger partial charge in [-0.2, -0.15) is 11.1 Å². The van der Waals surface area contributed by atoms with Gasteiger partial charge in [-0.1, -0.05) is 6.08 Å². The monoisotopic (exact) mass is 190 g/mol. The van der Waals surface area contributed by atoms with Crippen LogP contribution in [0, 0.1) is 0 Å². The van der Waals surface area contributed by atoms with Gasteiger partial charge in [0.05, 0.1) is 0 Å². The molecule has 0 aromatic rings. The Bertz CT molecular complexity index is 166. The highest BCUT2D eigenvalue weighted by Crippen LogP contribution is 2.04. The number of amides is 1. The topological polar surface area (TPSA) is 32.3 Å². The Hall–Kier alpha value is -0.480. The minimum Gasteiger partial charge on any atom is -0.318 e. The number of thiol groups is 1. The van der Waals surface area contributed by atoms with Crippen LogP contribution < -0.4 is 4.72 Å². The third-order valence-electron chi connectivity index (χ3n) is 1.07. The van der Waals surface area contributed by atoms with E-state index in [1.165, 1.54) is 0 Å². The van der Waals surface area contributed by atoms with Crippen molar-refractivity contribution < 1.29 is 4.79 Å². The summed E-state index contributed by atoms with van der Waals surface area (Å²) in [6, 6.07) is 0. The normalized spacial score (nSPS) is 12.2. The molecule has 1 amide bonds. The molecule has 0 aliphatic carbocycles. The minimum absolute atomic E-state index is 0.00737. The Kier molecular flexibility index (Phi) is 5.84. The Morgan fingerprint density at radius 2 is 2.08 bits per heavy atom. The number of carbonyl (C=O) groups is 1. The maximum atomic E-state index is 11.0. The predicted octanol–water partition coefficient (Wildman–Crippen LogP) is 0.396. The molecular weight excluding hydrogens is 172 g/mol. The second-order valence-corrected chi connectivity index (χ2v) is 5.05. The first kappa shape index (κ1) is 11.5. The second-order valence-electron chi connectivity index (χ2n) is 3.04. The second kappa shape index (κ2) is 6.08. The average molecular weight is 190 g/mol. The number of hydrogen-bond acceptors (Lipinski definition) is 2. The zero-order valence-corrected chi connectivity index (χ0v) is 9.06. The van der Waals surface area contributed by atoms with Gasteiger partial charge < -0.3 is 9.62 Å². The lowest BCUT2D eigenvalue weighted by atomic mass is 10.4. The van der Waals surface area contributed by atoms with Crippen LogP contribution >= 0.6 is 11.1 Å². The van der Waals surface area contributed by atoms with Gasteiger partial charge in [0.2, 0.25) is 0 Å². The molecule has 0 unspecified atom stereocenters. The molecule has 0 saturated carbocycles. The molecule has 0 aliphatic rings. The highest BCUT2D eigenvalue weighted by atomic mass is 32.2. The molecule has 3 nitrogen and oxygen atoms in total. The molecule has 0 aromatic carbocycles. The molecule has 0 spiro atoms. The molecule has 0 aromatic heterocycles. The van der Waals surface area contributed by atoms with E-state index >= 15 is 0 Å². The molecule has 12 heavy (non-hydrogen) atoms. The number of hydrogen-bond donors (Lipinski definition) is 2. The molecule has 0 bridgehead atoms. The van der Waals surface area contributed by atoms with Crippen molar-refractivity contribution in [2.24, 2.45) is 0 Å². The molecule has 72 valence electrons. The van der Waals surface area contributed by atoms with E-state index in [-0.39, 0.29) is 17.0 Å². The SMILES string of the molecule is CN(C)C/C=C/C(=O)N[SH](C)C. The van der Waals surface area contributed by atoms with Crippen LogP contribution in [0.4, 0.5) is 0 Å². The van der Waals surface area contributed by atoms with E-state index in [1.807, 2.05) is 37.6 Å². The summed E-state index contributed by atoms with van der Waals surface area (Å²) in [4.78, 5) is 13.0. The first-order valence-corrected chi connectivity index (χ1v) is 6.05. The molecule has 0 atom stereocenters. The molecule has 0 heterocycles. The zero-order chi connectivity index (χ0) is 9.56. The van der Waals surface area contributed by atoms with E-state index in [9.17, 15) is 4.79 Å². The van der Waals surface area contributed by atoms with Crippen LogP contribution in [0.15, 0.2) is 12.2 Å². The first-order chi connectivity index (χ1) is 5.52. The van der Waals surface area contributed by atoms with Gasteiger partial charge in [0.25, 0.3) is 5.91 Å². The van der Waals surface area contributed by atoms with Crippen molar-refractivity contribution in [1.82, 2.24) is 9.62 Å². The lowest BCUT2D eigenvalue weighted by Crippen LogP contribution is -2.17. The van der Waals surface area contributed by atoms with Crippen LogP contribution in [0.2, 0.25) is 0 Å². The summed E-state index contributed by atoms with van der Waals surface area (Å²) in [6.07, 6.45) is 7.45. The number of nitrogens with one attached hydrogen (secondary N) is 1. The van der Waals surface area contributed by atoms with Gasteiger partial charge in [-0.15, -0.1) is 0 Å². The quantitative estimate of drug-likeness (QED) is 0.497. The van der Waals surface area contributed by atoms with Crippen molar-refractivity contribution >= 4 is 17.0 Å². The van der Waals surface area contributed by atoms with E-state index in [0.717, 1.165) is 6.54 Å². The fourth-order valence-corrected chi connectivity index (χ4v) is 1.14. The molecule has 0 fully saturated rings. The maximum Gasteiger partial charge on any atom is 0.252 e. The van der Waals surface area contributed by atoms with Gasteiger partial charge >= 0.3 is 0 Å². The highest BCUT2D eigenvalue weighted by molar-refractivity contribution is 8.14. The fraction of sp³-hybridized carbons (Fsp3) is 0.625. The van der Waals surface area contributed by atoms with Crippen molar-refractivity contribution in [2.45, 2.75) is 0 Å². The molecule has 0 saturated heterocycles. The first-order valence-electron chi connectivity index (χ1n) is 3.81. The van der Waals surface area contributed by atoms with Crippen molar-refractivity contribution in [1.29, 1.82) is 0 Å². The number of carbonyl (C=O) groups excluding carboxylic acids is 1. The molecular formula is C8H18N2OS. The summed E-state index contributed by atoms with van der Waals surface area (Å²) in [7, 11) is 3.93. The predicted molar refractivity (Wildman–Crippen MR) is 56.7 cm³/mol. The van der Waals surface area contributed by atoms with Crippen molar-refractivity contribution in [3.8, 4) is 0 Å². The number of nitrogens with zero attached hydrogens (tertiary/aromatic N) is 1. The van der Waals surface area contributed by atoms with Gasteiger partial charge in [-0.25, -0.2) is 0 Å². The van der Waals surface area contributed by atoms with E-state index in [0.29, 0.717) is 0 Å². The molecule has 0 rings (SSSR count). The van der Waals surface area contributed by atoms with Gasteiger partial charge in [-0.05, 0) is 26.6 Å². The van der Waals surface area contributed by atoms with E-state index in [2.05, 4.69) is 4.72 Å². The van der Waals surface area contributed by atoms with Crippen LogP contribution in [0.25, 0.3) is 0 Å². The number of rotatable bonds is 4. The maximum absolute atomic E-state index is 11.0. The van der Waals surface area contributed by atoms with Crippen LogP contribution in [0.5, 0.6) is 0 Å². The summed E-state index contributed by atoms with van der Waals surface area (Å²) in [5.74, 6) is 0.00737. The largest absolute Gasteiger partial charge is 0.318 e. The van der Waals surface area contributed by atoms with Crippen LogP contribution in [-0.2, 0) is 4.79 Å². The molecule has 4 heteroatoms. The fourth-order valence-electron chi connectivity index (χ4n) is 0.628. The summed E-state index contributed by atoms with van der Waals surface area (Å²) >= 11 is -0.336. The summed E-state index contributed by atoms with van der Waals surface area (Å²) in [6.45, 7) is 0.804. The Labute approximate surface area is 77.3 Å². The average Bonchev–Trinajstić information content (AvgIpc) is 1.84. The van der Waals surface area contributed by atoms with Crippen LogP contribution in [0.3, 0.4) is 0 Å². The van der Waals surface area contributed by atoms with Crippen LogP contribution in [-0.4, -0.2) is 44.0 Å². The number of likely N-dealkylation sites (N-methyl/N-ethyl adjacent to an activating group) is 1.